The first kappa shape index (κ1) is 16.7. The van der Waals surface area contributed by atoms with Crippen molar-refractivity contribution in [3.05, 3.63) is 35.1 Å². The summed E-state index contributed by atoms with van der Waals surface area (Å²) in [6, 6.07) is 3.63. The third-order valence-corrected chi connectivity index (χ3v) is 5.30. The Morgan fingerprint density at radius 1 is 1.42 bits per heavy atom. The van der Waals surface area contributed by atoms with Gasteiger partial charge >= 0.3 is 5.97 Å². The third kappa shape index (κ3) is 3.06. The topological polar surface area (TPSA) is 106 Å². The Labute approximate surface area is 152 Å². The van der Waals surface area contributed by atoms with Crippen molar-refractivity contribution >= 4 is 39.0 Å². The van der Waals surface area contributed by atoms with Crippen molar-refractivity contribution in [2.45, 2.75) is 19.4 Å². The minimum absolute atomic E-state index is 0.0302. The van der Waals surface area contributed by atoms with Crippen LogP contribution in [0.3, 0.4) is 0 Å². The summed E-state index contributed by atoms with van der Waals surface area (Å²) in [5.41, 5.74) is 1.29. The van der Waals surface area contributed by atoms with Crippen molar-refractivity contribution in [2.75, 3.05) is 18.5 Å². The first-order chi connectivity index (χ1) is 12.6. The van der Waals surface area contributed by atoms with Gasteiger partial charge in [0.25, 0.3) is 0 Å². The molecule has 134 valence electrons. The van der Waals surface area contributed by atoms with E-state index in [9.17, 15) is 9.90 Å². The molecule has 4 heterocycles. The zero-order valence-electron chi connectivity index (χ0n) is 13.9. The molecule has 0 saturated carbocycles. The maximum atomic E-state index is 11.4. The molecule has 0 radical (unpaired) electrons. The fraction of sp³-hybridized carbons (Fsp3) is 0.294. The molecule has 3 aromatic rings. The van der Waals surface area contributed by atoms with Crippen molar-refractivity contribution in [1.29, 1.82) is 0 Å². The molecule has 0 amide bonds. The van der Waals surface area contributed by atoms with Crippen molar-refractivity contribution in [2.24, 2.45) is 0 Å². The van der Waals surface area contributed by atoms with Gasteiger partial charge in [0.05, 0.1) is 18.6 Å². The number of nitrogens with zero attached hydrogens (tertiary/aromatic N) is 3. The molecule has 0 aliphatic carbocycles. The molecule has 0 spiro atoms. The zero-order chi connectivity index (χ0) is 18.1. The number of pyridine rings is 1. The first-order valence-electron chi connectivity index (χ1n) is 8.07. The number of fused-ring (bicyclic) bond motifs is 1. The van der Waals surface area contributed by atoms with Crippen LogP contribution in [0.15, 0.2) is 24.7 Å². The summed E-state index contributed by atoms with van der Waals surface area (Å²) in [4.78, 5) is 25.1. The average Bonchev–Trinajstić information content (AvgIpc) is 3.25. The SMILES string of the molecule is Cc1c(C(=O)O)sc2ncnc(Nc3cccnc3O[C@@H]3CCOC3)c12. The van der Waals surface area contributed by atoms with Gasteiger partial charge in [-0.05, 0) is 24.6 Å². The molecule has 3 aromatic heterocycles. The van der Waals surface area contributed by atoms with Crippen LogP contribution in [-0.4, -0.2) is 45.3 Å². The van der Waals surface area contributed by atoms with E-state index in [4.69, 9.17) is 9.47 Å². The number of hydrogen-bond acceptors (Lipinski definition) is 8. The van der Waals surface area contributed by atoms with E-state index in [0.717, 1.165) is 17.8 Å². The van der Waals surface area contributed by atoms with E-state index in [-0.39, 0.29) is 11.0 Å². The van der Waals surface area contributed by atoms with E-state index in [1.807, 2.05) is 6.07 Å². The van der Waals surface area contributed by atoms with Crippen LogP contribution < -0.4 is 10.1 Å². The molecular weight excluding hydrogens is 356 g/mol. The number of thiophene rings is 1. The van der Waals surface area contributed by atoms with Crippen molar-refractivity contribution in [3.63, 3.8) is 0 Å². The average molecular weight is 372 g/mol. The number of carbonyl (C=O) groups is 1. The summed E-state index contributed by atoms with van der Waals surface area (Å²) < 4.78 is 11.3. The lowest BCUT2D eigenvalue weighted by molar-refractivity contribution is 0.0701. The molecule has 1 aliphatic heterocycles. The second-order valence-electron chi connectivity index (χ2n) is 5.85. The summed E-state index contributed by atoms with van der Waals surface area (Å²) >= 11 is 1.13. The summed E-state index contributed by atoms with van der Waals surface area (Å²) in [5, 5.41) is 13.3. The lowest BCUT2D eigenvalue weighted by atomic mass is 10.2. The largest absolute Gasteiger partial charge is 0.477 e. The van der Waals surface area contributed by atoms with Crippen LogP contribution in [0.4, 0.5) is 11.5 Å². The highest BCUT2D eigenvalue weighted by Gasteiger charge is 2.21. The first-order valence-corrected chi connectivity index (χ1v) is 8.89. The predicted molar refractivity (Wildman–Crippen MR) is 96.5 cm³/mol. The Morgan fingerprint density at radius 3 is 3.08 bits per heavy atom. The minimum Gasteiger partial charge on any atom is -0.477 e. The Balaban J connectivity index is 1.70. The number of ether oxygens (including phenoxy) is 2. The normalized spacial score (nSPS) is 16.7. The molecule has 8 nitrogen and oxygen atoms in total. The monoisotopic (exact) mass is 372 g/mol. The van der Waals surface area contributed by atoms with E-state index in [0.29, 0.717) is 46.4 Å². The van der Waals surface area contributed by atoms with Gasteiger partial charge in [-0.1, -0.05) is 0 Å². The summed E-state index contributed by atoms with van der Waals surface area (Å²) in [6.07, 6.45) is 3.86. The van der Waals surface area contributed by atoms with Crippen molar-refractivity contribution < 1.29 is 19.4 Å². The number of carboxylic acids is 1. The number of rotatable bonds is 5. The van der Waals surface area contributed by atoms with Crippen molar-refractivity contribution in [1.82, 2.24) is 15.0 Å². The third-order valence-electron chi connectivity index (χ3n) is 4.11. The fourth-order valence-corrected chi connectivity index (χ4v) is 3.83. The number of aryl methyl sites for hydroxylation is 1. The van der Waals surface area contributed by atoms with Gasteiger partial charge in [-0.3, -0.25) is 0 Å². The lowest BCUT2D eigenvalue weighted by Gasteiger charge is -2.15. The van der Waals surface area contributed by atoms with Gasteiger partial charge in [0.2, 0.25) is 5.88 Å². The molecule has 0 aromatic carbocycles. The molecule has 1 saturated heterocycles. The van der Waals surface area contributed by atoms with Crippen LogP contribution in [0.5, 0.6) is 5.88 Å². The Morgan fingerprint density at radius 2 is 2.31 bits per heavy atom. The van der Waals surface area contributed by atoms with Gasteiger partial charge in [-0.2, -0.15) is 0 Å². The highest BCUT2D eigenvalue weighted by Crippen LogP contribution is 2.35. The summed E-state index contributed by atoms with van der Waals surface area (Å²) in [6.45, 7) is 2.98. The Bertz CT molecular complexity index is 969. The van der Waals surface area contributed by atoms with Crippen LogP contribution in [0.25, 0.3) is 10.2 Å². The molecule has 26 heavy (non-hydrogen) atoms. The van der Waals surface area contributed by atoms with Gasteiger partial charge in [0, 0.05) is 12.6 Å². The van der Waals surface area contributed by atoms with Gasteiger partial charge in [-0.25, -0.2) is 19.7 Å². The maximum absolute atomic E-state index is 11.4. The van der Waals surface area contributed by atoms with E-state index in [1.165, 1.54) is 6.33 Å². The van der Waals surface area contributed by atoms with Gasteiger partial charge < -0.3 is 19.9 Å². The highest BCUT2D eigenvalue weighted by atomic mass is 32.1. The fourth-order valence-electron chi connectivity index (χ4n) is 2.84. The van der Waals surface area contributed by atoms with Crippen molar-refractivity contribution in [3.8, 4) is 5.88 Å². The van der Waals surface area contributed by atoms with Gasteiger partial charge in [-0.15, -0.1) is 11.3 Å². The van der Waals surface area contributed by atoms with E-state index >= 15 is 0 Å². The standard InChI is InChI=1S/C17H16N4O4S/c1-9-12-14(19-8-20-16(12)26-13(9)17(22)23)21-11-3-2-5-18-15(11)25-10-4-6-24-7-10/h2-3,5,8,10H,4,6-7H2,1H3,(H,22,23)(H,19,20,21)/t10-/m1/s1. The second kappa shape index (κ2) is 6.85. The van der Waals surface area contributed by atoms with Crippen LogP contribution >= 0.6 is 11.3 Å². The Hall–Kier alpha value is -2.78. The molecule has 0 unspecified atom stereocenters. The van der Waals surface area contributed by atoms with E-state index in [1.54, 1.807) is 19.2 Å². The quantitative estimate of drug-likeness (QED) is 0.704. The molecular formula is C17H16N4O4S. The molecule has 1 atom stereocenters. The second-order valence-corrected chi connectivity index (χ2v) is 6.85. The number of aromatic nitrogens is 3. The lowest BCUT2D eigenvalue weighted by Crippen LogP contribution is -2.17. The molecule has 9 heteroatoms. The van der Waals surface area contributed by atoms with Crippen LogP contribution in [-0.2, 0) is 4.74 Å². The number of nitrogens with one attached hydrogen (secondary N) is 1. The molecule has 2 N–H and O–H groups in total. The molecule has 1 aliphatic rings. The van der Waals surface area contributed by atoms with Crippen LogP contribution in [0.2, 0.25) is 0 Å². The smallest absolute Gasteiger partial charge is 0.346 e. The number of aromatic carboxylic acids is 1. The van der Waals surface area contributed by atoms with Crippen LogP contribution in [0, 0.1) is 6.92 Å². The summed E-state index contributed by atoms with van der Waals surface area (Å²) in [5.74, 6) is 0.0148. The van der Waals surface area contributed by atoms with Crippen LogP contribution in [0.1, 0.15) is 21.7 Å². The zero-order valence-corrected chi connectivity index (χ0v) is 14.7. The number of anilines is 2. The number of hydrogen-bond donors (Lipinski definition) is 2. The molecule has 4 rings (SSSR count). The maximum Gasteiger partial charge on any atom is 0.346 e. The number of carboxylic acid groups (broad SMARTS) is 1. The van der Waals surface area contributed by atoms with Gasteiger partial charge in [0.15, 0.2) is 0 Å². The minimum atomic E-state index is -0.969. The predicted octanol–water partition coefficient (Wildman–Crippen LogP) is 3.00. The van der Waals surface area contributed by atoms with E-state index < -0.39 is 5.97 Å². The molecule has 0 bridgehead atoms. The highest BCUT2D eigenvalue weighted by molar-refractivity contribution is 7.20. The van der Waals surface area contributed by atoms with E-state index in [2.05, 4.69) is 20.3 Å². The van der Waals surface area contributed by atoms with Gasteiger partial charge in [0.1, 0.15) is 33.6 Å². The summed E-state index contributed by atoms with van der Waals surface area (Å²) in [7, 11) is 0. The Kier molecular flexibility index (Phi) is 4.39. The molecule has 1 fully saturated rings.